The van der Waals surface area contributed by atoms with Gasteiger partial charge in [0.15, 0.2) is 16.6 Å². The van der Waals surface area contributed by atoms with E-state index in [2.05, 4.69) is 50.2 Å². The molecule has 0 radical (unpaired) electrons. The van der Waals surface area contributed by atoms with E-state index >= 15 is 0 Å². The van der Waals surface area contributed by atoms with Crippen LogP contribution in [0.15, 0.2) is 60.9 Å². The van der Waals surface area contributed by atoms with Crippen molar-refractivity contribution in [2.45, 2.75) is 43.8 Å². The second-order valence-electron chi connectivity index (χ2n) is 8.31. The van der Waals surface area contributed by atoms with Crippen LogP contribution in [0.2, 0.25) is 0 Å². The number of aromatic nitrogens is 2. The van der Waals surface area contributed by atoms with Crippen LogP contribution in [-0.4, -0.2) is 21.5 Å². The molecule has 1 aromatic carbocycles. The molecular formula is C24H24N4O2S. The molecule has 0 amide bonds. The van der Waals surface area contributed by atoms with Gasteiger partial charge < -0.3 is 24.3 Å². The SMILES string of the molecule is S=C1N[C@H](c2ccccn2)[C@H](c2cccn2C2CCCC2)N1c1ccc2c(c1)OCO2. The topological polar surface area (TPSA) is 51.6 Å². The van der Waals surface area contributed by atoms with Crippen molar-refractivity contribution in [3.63, 3.8) is 0 Å². The molecule has 0 spiro atoms. The zero-order valence-electron chi connectivity index (χ0n) is 17.1. The van der Waals surface area contributed by atoms with Gasteiger partial charge in [0.25, 0.3) is 0 Å². The number of fused-ring (bicyclic) bond motifs is 1. The lowest BCUT2D eigenvalue weighted by molar-refractivity contribution is 0.174. The summed E-state index contributed by atoms with van der Waals surface area (Å²) in [7, 11) is 0. The number of hydrogen-bond donors (Lipinski definition) is 1. The molecule has 2 aliphatic heterocycles. The van der Waals surface area contributed by atoms with Crippen molar-refractivity contribution < 1.29 is 9.47 Å². The number of anilines is 1. The Morgan fingerprint density at radius 2 is 1.87 bits per heavy atom. The Morgan fingerprint density at radius 1 is 1.00 bits per heavy atom. The Morgan fingerprint density at radius 3 is 2.71 bits per heavy atom. The Bertz CT molecular complexity index is 1110. The smallest absolute Gasteiger partial charge is 0.231 e. The lowest BCUT2D eigenvalue weighted by Gasteiger charge is -2.30. The molecule has 0 unspecified atom stereocenters. The zero-order chi connectivity index (χ0) is 20.8. The van der Waals surface area contributed by atoms with E-state index in [1.165, 1.54) is 31.4 Å². The van der Waals surface area contributed by atoms with Gasteiger partial charge in [-0.25, -0.2) is 0 Å². The van der Waals surface area contributed by atoms with Crippen LogP contribution in [0.25, 0.3) is 0 Å². The standard InChI is InChI=1S/C24H24N4O2S/c31-24-26-22(18-8-3-4-12-25-18)23(19-9-5-13-27(19)16-6-1-2-7-16)28(24)17-10-11-20-21(14-17)30-15-29-20/h3-5,8-14,16,22-23H,1-2,6-7,15H2,(H,26,31)/t22-,23+/m1/s1. The third-order valence-corrected chi connectivity index (χ3v) is 6.88. The van der Waals surface area contributed by atoms with Gasteiger partial charge in [0.2, 0.25) is 6.79 Å². The van der Waals surface area contributed by atoms with E-state index in [-0.39, 0.29) is 18.9 Å². The van der Waals surface area contributed by atoms with Crippen molar-refractivity contribution >= 4 is 23.0 Å². The van der Waals surface area contributed by atoms with Crippen molar-refractivity contribution in [3.8, 4) is 11.5 Å². The van der Waals surface area contributed by atoms with Gasteiger partial charge >= 0.3 is 0 Å². The largest absolute Gasteiger partial charge is 0.454 e. The predicted octanol–water partition coefficient (Wildman–Crippen LogP) is 4.90. The first-order chi connectivity index (χ1) is 15.3. The summed E-state index contributed by atoms with van der Waals surface area (Å²) in [5.74, 6) is 1.53. The van der Waals surface area contributed by atoms with Crippen LogP contribution in [0.4, 0.5) is 5.69 Å². The highest BCUT2D eigenvalue weighted by molar-refractivity contribution is 7.80. The van der Waals surface area contributed by atoms with E-state index in [0.29, 0.717) is 11.2 Å². The average Bonchev–Trinajstić information content (AvgIpc) is 3.59. The van der Waals surface area contributed by atoms with Crippen LogP contribution in [0.3, 0.4) is 0 Å². The first-order valence-corrected chi connectivity index (χ1v) is 11.3. The molecule has 3 aliphatic rings. The molecule has 0 bridgehead atoms. The molecule has 1 N–H and O–H groups in total. The van der Waals surface area contributed by atoms with Crippen LogP contribution in [-0.2, 0) is 0 Å². The van der Waals surface area contributed by atoms with E-state index in [4.69, 9.17) is 21.7 Å². The maximum absolute atomic E-state index is 5.86. The summed E-state index contributed by atoms with van der Waals surface area (Å²) in [6.45, 7) is 0.256. The lowest BCUT2D eigenvalue weighted by Crippen LogP contribution is -2.30. The van der Waals surface area contributed by atoms with E-state index in [9.17, 15) is 0 Å². The summed E-state index contributed by atoms with van der Waals surface area (Å²) < 4.78 is 13.6. The van der Waals surface area contributed by atoms with E-state index in [1.807, 2.05) is 30.5 Å². The van der Waals surface area contributed by atoms with E-state index in [1.54, 1.807) is 0 Å². The summed E-state index contributed by atoms with van der Waals surface area (Å²) in [5.41, 5.74) is 3.23. The summed E-state index contributed by atoms with van der Waals surface area (Å²) in [6.07, 6.45) is 9.10. The number of rotatable bonds is 4. The molecule has 31 heavy (non-hydrogen) atoms. The van der Waals surface area contributed by atoms with Crippen molar-refractivity contribution in [1.82, 2.24) is 14.9 Å². The third-order valence-electron chi connectivity index (χ3n) is 6.57. The Labute approximate surface area is 186 Å². The molecule has 1 saturated heterocycles. The highest BCUT2D eigenvalue weighted by atomic mass is 32.1. The van der Waals surface area contributed by atoms with Gasteiger partial charge in [-0.2, -0.15) is 0 Å². The highest BCUT2D eigenvalue weighted by Gasteiger charge is 2.43. The van der Waals surface area contributed by atoms with Gasteiger partial charge in [0.1, 0.15) is 6.04 Å². The summed E-state index contributed by atoms with van der Waals surface area (Å²) in [4.78, 5) is 6.87. The molecule has 2 atom stereocenters. The Kier molecular flexibility index (Phi) is 4.56. The van der Waals surface area contributed by atoms with Crippen LogP contribution < -0.4 is 19.7 Å². The van der Waals surface area contributed by atoms with Crippen LogP contribution >= 0.6 is 12.2 Å². The molecule has 6 nitrogen and oxygen atoms in total. The van der Waals surface area contributed by atoms with Crippen LogP contribution in [0.1, 0.15) is 55.2 Å². The fourth-order valence-electron chi connectivity index (χ4n) is 5.14. The second-order valence-corrected chi connectivity index (χ2v) is 8.70. The second kappa shape index (κ2) is 7.57. The number of pyridine rings is 1. The zero-order valence-corrected chi connectivity index (χ0v) is 17.9. The van der Waals surface area contributed by atoms with Crippen LogP contribution in [0, 0.1) is 0 Å². The number of nitrogens with zero attached hydrogens (tertiary/aromatic N) is 3. The molecule has 3 aromatic rings. The van der Waals surface area contributed by atoms with Gasteiger partial charge in [-0.05, 0) is 61.5 Å². The minimum absolute atomic E-state index is 0.0154. The van der Waals surface area contributed by atoms with E-state index < -0.39 is 0 Å². The van der Waals surface area contributed by atoms with E-state index in [0.717, 1.165) is 22.9 Å². The molecule has 158 valence electrons. The third kappa shape index (κ3) is 3.15. The van der Waals surface area contributed by atoms with Gasteiger partial charge in [-0.1, -0.05) is 18.9 Å². The minimum Gasteiger partial charge on any atom is -0.454 e. The number of thiocarbonyl (C=S) groups is 1. The average molecular weight is 433 g/mol. The number of ether oxygens (including phenoxy) is 2. The Hall–Kier alpha value is -3.06. The van der Waals surface area contributed by atoms with Crippen molar-refractivity contribution in [3.05, 3.63) is 72.3 Å². The minimum atomic E-state index is -0.0471. The van der Waals surface area contributed by atoms with Gasteiger partial charge in [-0.15, -0.1) is 0 Å². The monoisotopic (exact) mass is 432 g/mol. The lowest BCUT2D eigenvalue weighted by atomic mass is 10.00. The summed E-state index contributed by atoms with van der Waals surface area (Å²) in [5, 5.41) is 4.25. The Balaban J connectivity index is 1.47. The quantitative estimate of drug-likeness (QED) is 0.592. The molecule has 7 heteroatoms. The van der Waals surface area contributed by atoms with Crippen molar-refractivity contribution in [2.24, 2.45) is 0 Å². The molecule has 2 fully saturated rings. The van der Waals surface area contributed by atoms with Gasteiger partial charge in [0, 0.05) is 35.9 Å². The highest BCUT2D eigenvalue weighted by Crippen LogP contribution is 2.45. The van der Waals surface area contributed by atoms with Crippen molar-refractivity contribution in [2.75, 3.05) is 11.7 Å². The molecule has 1 aliphatic carbocycles. The van der Waals surface area contributed by atoms with Gasteiger partial charge in [-0.3, -0.25) is 4.98 Å². The number of benzene rings is 1. The predicted molar refractivity (Wildman–Crippen MR) is 122 cm³/mol. The van der Waals surface area contributed by atoms with Crippen molar-refractivity contribution in [1.29, 1.82) is 0 Å². The normalized spacial score (nSPS) is 22.8. The maximum Gasteiger partial charge on any atom is 0.231 e. The van der Waals surface area contributed by atoms with Gasteiger partial charge in [0.05, 0.1) is 11.7 Å². The summed E-state index contributed by atoms with van der Waals surface area (Å²) in [6, 6.07) is 16.9. The molecule has 1 saturated carbocycles. The maximum atomic E-state index is 5.86. The fraction of sp³-hybridized carbons (Fsp3) is 0.333. The fourth-order valence-corrected chi connectivity index (χ4v) is 5.49. The number of hydrogen-bond acceptors (Lipinski definition) is 4. The molecule has 6 rings (SSSR count). The first kappa shape index (κ1) is 18.7. The first-order valence-electron chi connectivity index (χ1n) is 10.9. The number of nitrogens with one attached hydrogen (secondary N) is 1. The molecule has 4 heterocycles. The summed E-state index contributed by atoms with van der Waals surface area (Å²) >= 11 is 5.86. The van der Waals surface area contributed by atoms with Crippen LogP contribution in [0.5, 0.6) is 11.5 Å². The molecule has 2 aromatic heterocycles. The molecular weight excluding hydrogens is 408 g/mol.